The molecule has 0 aliphatic carbocycles. The first-order valence-electron chi connectivity index (χ1n) is 10.8. The number of anilines is 1. The number of carbonyl (C=O) groups is 1. The number of ether oxygens (including phenoxy) is 1. The molecule has 8 heteroatoms. The minimum absolute atomic E-state index is 0.00310. The van der Waals surface area contributed by atoms with Crippen molar-refractivity contribution in [1.82, 2.24) is 20.1 Å². The van der Waals surface area contributed by atoms with Crippen molar-refractivity contribution in [3.8, 4) is 11.3 Å². The number of hydrogen-bond acceptors (Lipinski definition) is 7. The zero-order chi connectivity index (χ0) is 20.9. The highest BCUT2D eigenvalue weighted by Gasteiger charge is 2.32. The van der Waals surface area contributed by atoms with Gasteiger partial charge in [-0.15, -0.1) is 5.10 Å². The summed E-state index contributed by atoms with van der Waals surface area (Å²) in [6, 6.07) is 6.71. The predicted molar refractivity (Wildman–Crippen MR) is 111 cm³/mol. The van der Waals surface area contributed by atoms with Crippen molar-refractivity contribution in [2.24, 2.45) is 5.92 Å². The van der Waals surface area contributed by atoms with E-state index < -0.39 is 0 Å². The molecule has 2 aromatic rings. The van der Waals surface area contributed by atoms with Crippen LogP contribution in [0.1, 0.15) is 32.6 Å². The zero-order valence-corrected chi connectivity index (χ0v) is 17.3. The van der Waals surface area contributed by atoms with Gasteiger partial charge in [-0.2, -0.15) is 5.10 Å². The molecule has 7 nitrogen and oxygen atoms in total. The maximum absolute atomic E-state index is 13.2. The Hall–Kier alpha value is -2.61. The van der Waals surface area contributed by atoms with Gasteiger partial charge in [0.05, 0.1) is 24.4 Å². The summed E-state index contributed by atoms with van der Waals surface area (Å²) in [4.78, 5) is 21.4. The van der Waals surface area contributed by atoms with Gasteiger partial charge in [0, 0.05) is 31.2 Å². The van der Waals surface area contributed by atoms with Gasteiger partial charge in [-0.25, -0.2) is 9.37 Å². The van der Waals surface area contributed by atoms with Gasteiger partial charge in [0.25, 0.3) is 0 Å². The Morgan fingerprint density at radius 2 is 1.93 bits per heavy atom. The van der Waals surface area contributed by atoms with Gasteiger partial charge in [-0.1, -0.05) is 0 Å². The fourth-order valence-corrected chi connectivity index (χ4v) is 4.41. The van der Waals surface area contributed by atoms with Gasteiger partial charge in [0.2, 0.25) is 5.95 Å². The number of nitrogens with zero attached hydrogens (tertiary/aromatic N) is 5. The number of esters is 1. The summed E-state index contributed by atoms with van der Waals surface area (Å²) in [6.45, 7) is 5.83. The molecule has 1 aromatic carbocycles. The Labute approximate surface area is 176 Å². The van der Waals surface area contributed by atoms with Crippen LogP contribution in [0.4, 0.5) is 10.3 Å². The Balaban J connectivity index is 1.36. The standard InChI is InChI=1S/C22H28FN5O2/c1-2-30-21(29)17-4-3-11-28(15-17)19-9-12-27(13-10-19)22-25-20(14-24-26-22)16-5-7-18(23)8-6-16/h5-8,14,17,19H,2-4,9-13,15H2,1H3/t17-/m1/s1. The molecule has 0 bridgehead atoms. The van der Waals surface area contributed by atoms with Gasteiger partial charge in [0.15, 0.2) is 0 Å². The topological polar surface area (TPSA) is 71.5 Å². The van der Waals surface area contributed by atoms with Crippen LogP contribution in [-0.4, -0.2) is 64.9 Å². The lowest BCUT2D eigenvalue weighted by molar-refractivity contribution is -0.150. The van der Waals surface area contributed by atoms with Crippen LogP contribution in [0.2, 0.25) is 0 Å². The van der Waals surface area contributed by atoms with Gasteiger partial charge in [0.1, 0.15) is 5.82 Å². The van der Waals surface area contributed by atoms with E-state index in [1.807, 2.05) is 6.92 Å². The number of carbonyl (C=O) groups excluding carboxylic acids is 1. The highest BCUT2D eigenvalue weighted by molar-refractivity contribution is 5.72. The van der Waals surface area contributed by atoms with E-state index in [4.69, 9.17) is 4.74 Å². The van der Waals surface area contributed by atoms with E-state index in [1.165, 1.54) is 12.1 Å². The lowest BCUT2D eigenvalue weighted by Gasteiger charge is -2.41. The second-order valence-electron chi connectivity index (χ2n) is 7.95. The molecular formula is C22H28FN5O2. The van der Waals surface area contributed by atoms with Gasteiger partial charge in [-0.3, -0.25) is 9.69 Å². The molecule has 1 atom stereocenters. The Morgan fingerprint density at radius 1 is 1.17 bits per heavy atom. The summed E-state index contributed by atoms with van der Waals surface area (Å²) >= 11 is 0. The fraction of sp³-hybridized carbons (Fsp3) is 0.545. The van der Waals surface area contributed by atoms with E-state index in [1.54, 1.807) is 18.3 Å². The summed E-state index contributed by atoms with van der Waals surface area (Å²) in [6.07, 6.45) is 5.56. The molecule has 1 aromatic heterocycles. The molecule has 2 saturated heterocycles. The molecule has 0 radical (unpaired) electrons. The SMILES string of the molecule is CCOC(=O)[C@@H]1CCCN(C2CCN(c3nncc(-c4ccc(F)cc4)n3)CC2)C1. The molecule has 0 spiro atoms. The molecular weight excluding hydrogens is 385 g/mol. The lowest BCUT2D eigenvalue weighted by atomic mass is 9.94. The highest BCUT2D eigenvalue weighted by Crippen LogP contribution is 2.26. The number of hydrogen-bond donors (Lipinski definition) is 0. The van der Waals surface area contributed by atoms with Crippen LogP contribution in [0.15, 0.2) is 30.5 Å². The van der Waals surface area contributed by atoms with E-state index >= 15 is 0 Å². The van der Waals surface area contributed by atoms with Crippen LogP contribution in [0.5, 0.6) is 0 Å². The molecule has 30 heavy (non-hydrogen) atoms. The molecule has 2 fully saturated rings. The first-order chi connectivity index (χ1) is 14.6. The molecule has 2 aliphatic heterocycles. The number of halogens is 1. The van der Waals surface area contributed by atoms with Gasteiger partial charge >= 0.3 is 5.97 Å². The predicted octanol–water partition coefficient (Wildman–Crippen LogP) is 2.92. The second-order valence-corrected chi connectivity index (χ2v) is 7.95. The smallest absolute Gasteiger partial charge is 0.310 e. The third kappa shape index (κ3) is 4.75. The molecule has 0 unspecified atom stereocenters. The molecule has 4 rings (SSSR count). The van der Waals surface area contributed by atoms with E-state index in [2.05, 4.69) is 25.0 Å². The molecule has 0 amide bonds. The first kappa shape index (κ1) is 20.7. The minimum Gasteiger partial charge on any atom is -0.466 e. The number of benzene rings is 1. The van der Waals surface area contributed by atoms with E-state index in [0.29, 0.717) is 24.3 Å². The average molecular weight is 413 g/mol. The molecule has 0 N–H and O–H groups in total. The average Bonchev–Trinajstić information content (AvgIpc) is 2.80. The van der Waals surface area contributed by atoms with Crippen molar-refractivity contribution in [3.63, 3.8) is 0 Å². The van der Waals surface area contributed by atoms with Crippen LogP contribution in [0, 0.1) is 11.7 Å². The molecule has 160 valence electrons. The maximum atomic E-state index is 13.2. The number of rotatable bonds is 5. The maximum Gasteiger partial charge on any atom is 0.310 e. The van der Waals surface area contributed by atoms with Gasteiger partial charge < -0.3 is 9.64 Å². The summed E-state index contributed by atoms with van der Waals surface area (Å²) in [5.74, 6) is 0.276. The lowest BCUT2D eigenvalue weighted by Crippen LogP contribution is -2.50. The molecule has 0 saturated carbocycles. The van der Waals surface area contributed by atoms with Crippen LogP contribution in [-0.2, 0) is 9.53 Å². The van der Waals surface area contributed by atoms with Crippen LogP contribution in [0.25, 0.3) is 11.3 Å². The van der Waals surface area contributed by atoms with Crippen LogP contribution in [0.3, 0.4) is 0 Å². The van der Waals surface area contributed by atoms with Crippen molar-refractivity contribution in [2.75, 3.05) is 37.7 Å². The van der Waals surface area contributed by atoms with E-state index in [9.17, 15) is 9.18 Å². The summed E-state index contributed by atoms with van der Waals surface area (Å²) in [7, 11) is 0. The highest BCUT2D eigenvalue weighted by atomic mass is 19.1. The van der Waals surface area contributed by atoms with Crippen molar-refractivity contribution in [2.45, 2.75) is 38.6 Å². The first-order valence-corrected chi connectivity index (χ1v) is 10.8. The minimum atomic E-state index is -0.272. The van der Waals surface area contributed by atoms with Crippen LogP contribution < -0.4 is 4.90 Å². The largest absolute Gasteiger partial charge is 0.466 e. The number of piperidine rings is 2. The Bertz CT molecular complexity index is 855. The third-order valence-corrected chi connectivity index (χ3v) is 6.02. The zero-order valence-electron chi connectivity index (χ0n) is 17.3. The third-order valence-electron chi connectivity index (χ3n) is 6.02. The summed E-state index contributed by atoms with van der Waals surface area (Å²) in [5, 5.41) is 8.32. The van der Waals surface area contributed by atoms with Crippen LogP contribution >= 0.6 is 0 Å². The van der Waals surface area contributed by atoms with Crippen molar-refractivity contribution >= 4 is 11.9 Å². The number of aromatic nitrogens is 3. The summed E-state index contributed by atoms with van der Waals surface area (Å²) in [5.41, 5.74) is 1.51. The Morgan fingerprint density at radius 3 is 2.67 bits per heavy atom. The Kier molecular flexibility index (Phi) is 6.52. The van der Waals surface area contributed by atoms with Crippen molar-refractivity contribution in [3.05, 3.63) is 36.3 Å². The van der Waals surface area contributed by atoms with E-state index in [-0.39, 0.29) is 17.7 Å². The van der Waals surface area contributed by atoms with Crippen molar-refractivity contribution in [1.29, 1.82) is 0 Å². The quantitative estimate of drug-likeness (QED) is 0.698. The van der Waals surface area contributed by atoms with Crippen molar-refractivity contribution < 1.29 is 13.9 Å². The molecule has 2 aliphatic rings. The number of likely N-dealkylation sites (tertiary alicyclic amines) is 1. The van der Waals surface area contributed by atoms with Gasteiger partial charge in [-0.05, 0) is 63.4 Å². The molecule has 3 heterocycles. The summed E-state index contributed by atoms with van der Waals surface area (Å²) < 4.78 is 18.4. The van der Waals surface area contributed by atoms with E-state index in [0.717, 1.165) is 57.4 Å². The fourth-order valence-electron chi connectivity index (χ4n) is 4.41. The normalized spacial score (nSPS) is 20.9. The monoisotopic (exact) mass is 413 g/mol. The second kappa shape index (κ2) is 9.47.